The Labute approximate surface area is 103 Å². The minimum atomic E-state index is -0.303. The molecule has 1 N–H and O–H groups in total. The van der Waals surface area contributed by atoms with E-state index in [1.807, 2.05) is 4.90 Å². The number of likely N-dealkylation sites (tertiary alicyclic amines) is 1. The van der Waals surface area contributed by atoms with E-state index >= 15 is 0 Å². The zero-order chi connectivity index (χ0) is 13.1. The molecule has 0 radical (unpaired) electrons. The van der Waals surface area contributed by atoms with Crippen LogP contribution in [0.25, 0.3) is 0 Å². The number of rotatable bonds is 2. The highest BCUT2D eigenvalue weighted by atomic mass is 16.2. The average Bonchev–Trinajstić information content (AvgIpc) is 2.44. The molecule has 4 nitrogen and oxygen atoms in total. The van der Waals surface area contributed by atoms with Crippen molar-refractivity contribution in [3.63, 3.8) is 0 Å². The van der Waals surface area contributed by atoms with E-state index in [2.05, 4.69) is 37.9 Å². The van der Waals surface area contributed by atoms with Gasteiger partial charge in [-0.15, -0.1) is 0 Å². The van der Waals surface area contributed by atoms with Crippen molar-refractivity contribution in [1.82, 2.24) is 10.2 Å². The van der Waals surface area contributed by atoms with E-state index in [1.165, 1.54) is 0 Å². The van der Waals surface area contributed by atoms with E-state index in [0.29, 0.717) is 13.0 Å². The van der Waals surface area contributed by atoms with E-state index in [9.17, 15) is 9.59 Å². The topological polar surface area (TPSA) is 49.4 Å². The van der Waals surface area contributed by atoms with Crippen LogP contribution in [0.5, 0.6) is 0 Å². The van der Waals surface area contributed by atoms with Crippen LogP contribution in [0.1, 0.15) is 34.1 Å². The number of carbonyl (C=O) groups excluding carboxylic acids is 2. The van der Waals surface area contributed by atoms with Gasteiger partial charge in [-0.1, -0.05) is 26.7 Å². The van der Waals surface area contributed by atoms with Crippen molar-refractivity contribution in [2.75, 3.05) is 13.1 Å². The Morgan fingerprint density at radius 1 is 1.53 bits per heavy atom. The summed E-state index contributed by atoms with van der Waals surface area (Å²) in [5, 5.41) is 2.75. The second-order valence-electron chi connectivity index (χ2n) is 5.58. The van der Waals surface area contributed by atoms with Gasteiger partial charge >= 0.3 is 0 Å². The summed E-state index contributed by atoms with van der Waals surface area (Å²) in [6, 6.07) is -0.0989. The van der Waals surface area contributed by atoms with Crippen LogP contribution in [0, 0.1) is 17.3 Å². The van der Waals surface area contributed by atoms with Gasteiger partial charge < -0.3 is 10.2 Å². The number of hydrogen-bond acceptors (Lipinski definition) is 2. The van der Waals surface area contributed by atoms with Crippen LogP contribution in [-0.4, -0.2) is 35.8 Å². The zero-order valence-corrected chi connectivity index (χ0v) is 11.0. The molecule has 4 heteroatoms. The second kappa shape index (κ2) is 5.22. The first-order valence-electron chi connectivity index (χ1n) is 5.83. The Bertz CT molecular complexity index is 371. The summed E-state index contributed by atoms with van der Waals surface area (Å²) in [6.07, 6.45) is 0.382. The molecule has 0 aromatic rings. The predicted molar refractivity (Wildman–Crippen MR) is 66.0 cm³/mol. The van der Waals surface area contributed by atoms with E-state index in [1.54, 1.807) is 6.92 Å². The van der Waals surface area contributed by atoms with Crippen molar-refractivity contribution in [2.24, 2.45) is 5.41 Å². The molecule has 1 atom stereocenters. The van der Waals surface area contributed by atoms with Gasteiger partial charge in [0.1, 0.15) is 0 Å². The molecule has 1 aliphatic heterocycles. The predicted octanol–water partition coefficient (Wildman–Crippen LogP) is 0.773. The third kappa shape index (κ3) is 4.48. The monoisotopic (exact) mass is 236 g/mol. The number of hydrogen-bond donors (Lipinski definition) is 1. The standard InChI is InChI=1S/C13H20N2O2/c1-5-6-11(16)14-10-7-12(17)15(8-10)9-13(2,3)4/h10H,7-9H2,1-4H3,(H,14,16). The maximum atomic E-state index is 11.7. The van der Waals surface area contributed by atoms with Gasteiger partial charge in [-0.2, -0.15) is 0 Å². The first-order chi connectivity index (χ1) is 7.81. The van der Waals surface area contributed by atoms with Crippen LogP contribution in [0.4, 0.5) is 0 Å². The third-order valence-corrected chi connectivity index (χ3v) is 2.45. The SMILES string of the molecule is CC#CC(=O)NC1CC(=O)N(CC(C)(C)C)C1. The summed E-state index contributed by atoms with van der Waals surface area (Å²) in [4.78, 5) is 24.8. The van der Waals surface area contributed by atoms with Crippen molar-refractivity contribution in [2.45, 2.75) is 40.2 Å². The van der Waals surface area contributed by atoms with Gasteiger partial charge in [0, 0.05) is 19.5 Å². The number of carbonyl (C=O) groups is 2. The number of nitrogens with one attached hydrogen (secondary N) is 1. The fourth-order valence-electron chi connectivity index (χ4n) is 1.93. The van der Waals surface area contributed by atoms with Crippen molar-refractivity contribution >= 4 is 11.8 Å². The van der Waals surface area contributed by atoms with Gasteiger partial charge in [0.2, 0.25) is 5.91 Å². The summed E-state index contributed by atoms with van der Waals surface area (Å²) in [7, 11) is 0. The molecule has 0 saturated carbocycles. The molecule has 1 unspecified atom stereocenters. The van der Waals surface area contributed by atoms with Crippen LogP contribution < -0.4 is 5.32 Å². The molecule has 1 heterocycles. The van der Waals surface area contributed by atoms with E-state index in [-0.39, 0.29) is 23.3 Å². The van der Waals surface area contributed by atoms with Gasteiger partial charge in [-0.25, -0.2) is 0 Å². The van der Waals surface area contributed by atoms with E-state index in [0.717, 1.165) is 6.54 Å². The number of nitrogens with zero attached hydrogens (tertiary/aromatic N) is 1. The van der Waals surface area contributed by atoms with Crippen LogP contribution in [0.3, 0.4) is 0 Å². The summed E-state index contributed by atoms with van der Waals surface area (Å²) in [5.74, 6) is 4.77. The quantitative estimate of drug-likeness (QED) is 0.720. The molecule has 1 fully saturated rings. The lowest BCUT2D eigenvalue weighted by atomic mass is 9.96. The molecule has 1 saturated heterocycles. The minimum absolute atomic E-state index is 0.0811. The molecule has 0 aliphatic carbocycles. The fourth-order valence-corrected chi connectivity index (χ4v) is 1.93. The number of amides is 2. The van der Waals surface area contributed by atoms with Gasteiger partial charge in [0.15, 0.2) is 0 Å². The summed E-state index contributed by atoms with van der Waals surface area (Å²) in [5.41, 5.74) is 0.0811. The molecule has 94 valence electrons. The highest BCUT2D eigenvalue weighted by Gasteiger charge is 2.32. The smallest absolute Gasteiger partial charge is 0.296 e. The lowest BCUT2D eigenvalue weighted by molar-refractivity contribution is -0.128. The third-order valence-electron chi connectivity index (χ3n) is 2.45. The Morgan fingerprint density at radius 3 is 2.71 bits per heavy atom. The normalized spacial score (nSPS) is 19.9. The average molecular weight is 236 g/mol. The van der Waals surface area contributed by atoms with E-state index < -0.39 is 0 Å². The largest absolute Gasteiger partial charge is 0.340 e. The molecule has 2 amide bonds. The molecule has 0 aromatic carbocycles. The molecule has 0 spiro atoms. The highest BCUT2D eigenvalue weighted by molar-refractivity contribution is 5.94. The van der Waals surface area contributed by atoms with Crippen LogP contribution in [-0.2, 0) is 9.59 Å². The summed E-state index contributed by atoms with van der Waals surface area (Å²) >= 11 is 0. The second-order valence-corrected chi connectivity index (χ2v) is 5.58. The van der Waals surface area contributed by atoms with Gasteiger partial charge in [-0.3, -0.25) is 9.59 Å². The van der Waals surface area contributed by atoms with Gasteiger partial charge in [0.05, 0.1) is 6.04 Å². The molecule has 0 bridgehead atoms. The van der Waals surface area contributed by atoms with Crippen molar-refractivity contribution in [1.29, 1.82) is 0 Å². The first-order valence-corrected chi connectivity index (χ1v) is 5.83. The summed E-state index contributed by atoms with van der Waals surface area (Å²) < 4.78 is 0. The summed E-state index contributed by atoms with van der Waals surface area (Å²) in [6.45, 7) is 9.20. The Morgan fingerprint density at radius 2 is 2.18 bits per heavy atom. The van der Waals surface area contributed by atoms with Crippen molar-refractivity contribution in [3.8, 4) is 11.8 Å². The first kappa shape index (κ1) is 13.6. The maximum absolute atomic E-state index is 11.7. The van der Waals surface area contributed by atoms with Crippen LogP contribution in [0.2, 0.25) is 0 Å². The molecule has 1 aliphatic rings. The fraction of sp³-hybridized carbons (Fsp3) is 0.692. The van der Waals surface area contributed by atoms with Crippen molar-refractivity contribution in [3.05, 3.63) is 0 Å². The molecular weight excluding hydrogens is 216 g/mol. The Hall–Kier alpha value is -1.50. The van der Waals surface area contributed by atoms with Crippen LogP contribution in [0.15, 0.2) is 0 Å². The Balaban J connectivity index is 2.51. The molecule has 0 aromatic heterocycles. The lowest BCUT2D eigenvalue weighted by Gasteiger charge is -2.26. The minimum Gasteiger partial charge on any atom is -0.340 e. The van der Waals surface area contributed by atoms with Crippen LogP contribution >= 0.6 is 0 Å². The zero-order valence-electron chi connectivity index (χ0n) is 11.0. The van der Waals surface area contributed by atoms with Gasteiger partial charge in [0.25, 0.3) is 5.91 Å². The highest BCUT2D eigenvalue weighted by Crippen LogP contribution is 2.20. The maximum Gasteiger partial charge on any atom is 0.296 e. The molecular formula is C13H20N2O2. The molecule has 1 rings (SSSR count). The molecule has 17 heavy (non-hydrogen) atoms. The van der Waals surface area contributed by atoms with E-state index in [4.69, 9.17) is 0 Å². The Kier molecular flexibility index (Phi) is 4.17. The van der Waals surface area contributed by atoms with Gasteiger partial charge in [-0.05, 0) is 18.3 Å². The van der Waals surface area contributed by atoms with Crippen molar-refractivity contribution < 1.29 is 9.59 Å². The lowest BCUT2D eigenvalue weighted by Crippen LogP contribution is -2.38.